The van der Waals surface area contributed by atoms with E-state index in [-0.39, 0.29) is 12.4 Å². The number of hydrogen-bond donors (Lipinski definition) is 1. The maximum atomic E-state index is 12.0. The van der Waals surface area contributed by atoms with Crippen LogP contribution in [-0.2, 0) is 4.79 Å². The van der Waals surface area contributed by atoms with Crippen LogP contribution in [-0.4, -0.2) is 42.2 Å². The number of carbonyl (C=O) groups is 1. The van der Waals surface area contributed by atoms with Crippen molar-refractivity contribution in [3.05, 3.63) is 66.2 Å². The summed E-state index contributed by atoms with van der Waals surface area (Å²) in [6.45, 7) is 7.67. The molecule has 2 rings (SSSR count). The zero-order valence-corrected chi connectivity index (χ0v) is 15.7. The maximum absolute atomic E-state index is 12.0. The number of halogens is 1. The predicted molar refractivity (Wildman–Crippen MR) is 106 cm³/mol. The molecule has 2 aromatic carbocycles. The van der Waals surface area contributed by atoms with Crippen molar-refractivity contribution < 1.29 is 9.90 Å². The third-order valence-electron chi connectivity index (χ3n) is 4.30. The lowest BCUT2D eigenvalue weighted by Crippen LogP contribution is -2.40. The molecule has 0 heterocycles. The fourth-order valence-electron chi connectivity index (χ4n) is 2.91. The summed E-state index contributed by atoms with van der Waals surface area (Å²) in [5, 5.41) is 9.88. The summed E-state index contributed by atoms with van der Waals surface area (Å²) in [7, 11) is 0. The molecule has 0 aromatic heterocycles. The Hall–Kier alpha value is -2.04. The van der Waals surface area contributed by atoms with E-state index in [0.717, 1.165) is 30.9 Å². The second kappa shape index (κ2) is 10.7. The molecule has 136 valence electrons. The molecule has 0 aliphatic heterocycles. The Bertz CT molecular complexity index is 618. The highest BCUT2D eigenvalue weighted by Crippen LogP contribution is 2.27. The minimum Gasteiger partial charge on any atom is -0.479 e. The lowest BCUT2D eigenvalue weighted by atomic mass is 10.0. The van der Waals surface area contributed by atoms with E-state index in [1.54, 1.807) is 0 Å². The van der Waals surface area contributed by atoms with E-state index in [9.17, 15) is 9.90 Å². The van der Waals surface area contributed by atoms with Gasteiger partial charge in [-0.1, -0.05) is 62.4 Å². The molecule has 1 atom stereocenters. The number of nitrogens with zero attached hydrogens (tertiary/aromatic N) is 2. The van der Waals surface area contributed by atoms with Crippen molar-refractivity contribution in [1.82, 2.24) is 4.90 Å². The van der Waals surface area contributed by atoms with Gasteiger partial charge in [0.15, 0.2) is 6.04 Å². The molecule has 1 N–H and O–H groups in total. The van der Waals surface area contributed by atoms with Crippen molar-refractivity contribution >= 4 is 24.1 Å². The molecule has 0 spiro atoms. The molecule has 0 amide bonds. The number of anilines is 1. The lowest BCUT2D eigenvalue weighted by molar-refractivity contribution is -0.138. The van der Waals surface area contributed by atoms with Crippen LogP contribution in [0.4, 0.5) is 5.69 Å². The minimum atomic E-state index is -0.829. The van der Waals surface area contributed by atoms with E-state index in [1.807, 2.05) is 65.6 Å². The fraction of sp³-hybridized carbons (Fsp3) is 0.350. The normalized spacial score (nSPS) is 11.6. The first kappa shape index (κ1) is 21.0. The Morgan fingerprint density at radius 2 is 1.44 bits per heavy atom. The van der Waals surface area contributed by atoms with Crippen molar-refractivity contribution in [1.29, 1.82) is 0 Å². The first-order chi connectivity index (χ1) is 11.7. The SMILES string of the molecule is CCN(CC)CCN(c1ccccc1)[C@H](C(=O)O)c1ccccc1.Cl. The van der Waals surface area contributed by atoms with Crippen LogP contribution in [0, 0.1) is 0 Å². The molecule has 25 heavy (non-hydrogen) atoms. The summed E-state index contributed by atoms with van der Waals surface area (Å²) < 4.78 is 0. The zero-order valence-electron chi connectivity index (χ0n) is 14.8. The van der Waals surface area contributed by atoms with Crippen LogP contribution in [0.3, 0.4) is 0 Å². The standard InChI is InChI=1S/C20H26N2O2.ClH/c1-3-21(4-2)15-16-22(18-13-9-6-10-14-18)19(20(23)24)17-11-7-5-8-12-17;/h5-14,19H,3-4,15-16H2,1-2H3,(H,23,24);1H/t19-;/m0./s1. The van der Waals surface area contributed by atoms with Gasteiger partial charge >= 0.3 is 5.97 Å². The van der Waals surface area contributed by atoms with E-state index >= 15 is 0 Å². The van der Waals surface area contributed by atoms with Gasteiger partial charge in [-0.25, -0.2) is 4.79 Å². The van der Waals surface area contributed by atoms with E-state index in [1.165, 1.54) is 0 Å². The number of carboxylic acid groups (broad SMARTS) is 1. The summed E-state index contributed by atoms with van der Waals surface area (Å²) >= 11 is 0. The molecule has 4 nitrogen and oxygen atoms in total. The fourth-order valence-corrected chi connectivity index (χ4v) is 2.91. The van der Waals surface area contributed by atoms with Gasteiger partial charge in [-0.05, 0) is 30.8 Å². The highest BCUT2D eigenvalue weighted by atomic mass is 35.5. The molecule has 0 unspecified atom stereocenters. The third kappa shape index (κ3) is 5.76. The summed E-state index contributed by atoms with van der Waals surface area (Å²) in [4.78, 5) is 16.3. The van der Waals surface area contributed by atoms with Crippen molar-refractivity contribution in [2.75, 3.05) is 31.1 Å². The molecular weight excluding hydrogens is 336 g/mol. The Labute approximate surface area is 156 Å². The van der Waals surface area contributed by atoms with E-state index in [0.29, 0.717) is 6.54 Å². The van der Waals surface area contributed by atoms with Crippen LogP contribution in [0.5, 0.6) is 0 Å². The monoisotopic (exact) mass is 362 g/mol. The second-order valence-corrected chi connectivity index (χ2v) is 5.71. The molecule has 0 aliphatic carbocycles. The second-order valence-electron chi connectivity index (χ2n) is 5.71. The highest BCUT2D eigenvalue weighted by molar-refractivity contribution is 5.85. The number of carboxylic acids is 1. The molecule has 0 saturated heterocycles. The van der Waals surface area contributed by atoms with Crippen molar-refractivity contribution in [2.24, 2.45) is 0 Å². The van der Waals surface area contributed by atoms with Crippen molar-refractivity contribution in [3.8, 4) is 0 Å². The van der Waals surface area contributed by atoms with Gasteiger partial charge in [0.1, 0.15) is 0 Å². The Morgan fingerprint density at radius 3 is 1.92 bits per heavy atom. The quantitative estimate of drug-likeness (QED) is 0.729. The van der Waals surface area contributed by atoms with E-state index in [2.05, 4.69) is 18.7 Å². The van der Waals surface area contributed by atoms with Crippen LogP contribution < -0.4 is 4.90 Å². The number of rotatable bonds is 9. The first-order valence-corrected chi connectivity index (χ1v) is 8.49. The Morgan fingerprint density at radius 1 is 0.920 bits per heavy atom. The molecule has 5 heteroatoms. The largest absolute Gasteiger partial charge is 0.479 e. The van der Waals surface area contributed by atoms with Gasteiger partial charge in [0, 0.05) is 18.8 Å². The molecular formula is C20H27ClN2O2. The Balaban J connectivity index is 0.00000312. The molecule has 0 saturated carbocycles. The predicted octanol–water partition coefficient (Wildman–Crippen LogP) is 4.08. The molecule has 0 radical (unpaired) electrons. The van der Waals surface area contributed by atoms with Crippen molar-refractivity contribution in [3.63, 3.8) is 0 Å². The van der Waals surface area contributed by atoms with Crippen LogP contribution >= 0.6 is 12.4 Å². The highest BCUT2D eigenvalue weighted by Gasteiger charge is 2.27. The van der Waals surface area contributed by atoms with Crippen molar-refractivity contribution in [2.45, 2.75) is 19.9 Å². The number of likely N-dealkylation sites (N-methyl/N-ethyl adjacent to an activating group) is 1. The molecule has 0 bridgehead atoms. The average Bonchev–Trinajstić information content (AvgIpc) is 2.62. The van der Waals surface area contributed by atoms with Crippen LogP contribution in [0.15, 0.2) is 60.7 Å². The first-order valence-electron chi connectivity index (χ1n) is 8.49. The van der Waals surface area contributed by atoms with Gasteiger partial charge in [0.25, 0.3) is 0 Å². The molecule has 2 aromatic rings. The molecule has 0 aliphatic rings. The number of benzene rings is 2. The van der Waals surface area contributed by atoms with Gasteiger partial charge in [0.2, 0.25) is 0 Å². The van der Waals surface area contributed by atoms with Crippen LogP contribution in [0.2, 0.25) is 0 Å². The third-order valence-corrected chi connectivity index (χ3v) is 4.30. The maximum Gasteiger partial charge on any atom is 0.331 e. The summed E-state index contributed by atoms with van der Waals surface area (Å²) in [5.41, 5.74) is 1.73. The average molecular weight is 363 g/mol. The lowest BCUT2D eigenvalue weighted by Gasteiger charge is -2.33. The van der Waals surface area contributed by atoms with Gasteiger partial charge in [-0.2, -0.15) is 0 Å². The van der Waals surface area contributed by atoms with E-state index in [4.69, 9.17) is 0 Å². The summed E-state index contributed by atoms with van der Waals surface area (Å²) in [6, 6.07) is 18.5. The zero-order chi connectivity index (χ0) is 17.4. The molecule has 0 fully saturated rings. The number of hydrogen-bond acceptors (Lipinski definition) is 3. The Kier molecular flexibility index (Phi) is 9.03. The summed E-state index contributed by atoms with van der Waals surface area (Å²) in [6.07, 6.45) is 0. The number of para-hydroxylation sites is 1. The van der Waals surface area contributed by atoms with E-state index < -0.39 is 12.0 Å². The van der Waals surface area contributed by atoms with Gasteiger partial charge < -0.3 is 14.9 Å². The van der Waals surface area contributed by atoms with Gasteiger partial charge in [-0.3, -0.25) is 0 Å². The smallest absolute Gasteiger partial charge is 0.331 e. The van der Waals surface area contributed by atoms with Crippen LogP contribution in [0.1, 0.15) is 25.5 Å². The topological polar surface area (TPSA) is 43.8 Å². The van der Waals surface area contributed by atoms with Gasteiger partial charge in [-0.15, -0.1) is 12.4 Å². The van der Waals surface area contributed by atoms with Crippen LogP contribution in [0.25, 0.3) is 0 Å². The summed E-state index contributed by atoms with van der Waals surface area (Å²) in [5.74, 6) is -0.829. The van der Waals surface area contributed by atoms with Gasteiger partial charge in [0.05, 0.1) is 0 Å². The minimum absolute atomic E-state index is 0. The number of aliphatic carboxylic acids is 1.